The first-order chi connectivity index (χ1) is 5.36. The average Bonchev–Trinajstić information content (AvgIpc) is 2.04. The van der Waals surface area contributed by atoms with Gasteiger partial charge in [-0.2, -0.15) is 0 Å². The third kappa shape index (κ3) is 1.24. The van der Waals surface area contributed by atoms with Crippen molar-refractivity contribution in [1.82, 2.24) is 4.98 Å². The van der Waals surface area contributed by atoms with Gasteiger partial charge >= 0.3 is 0 Å². The summed E-state index contributed by atoms with van der Waals surface area (Å²) < 4.78 is 10.4. The van der Waals surface area contributed by atoms with Crippen LogP contribution in [0.2, 0.25) is 5.02 Å². The number of nitrogens with zero attached hydrogens (tertiary/aromatic N) is 1. The first-order valence-electron chi connectivity index (χ1n) is 3.27. The van der Waals surface area contributed by atoms with Crippen molar-refractivity contribution in [1.29, 1.82) is 0 Å². The van der Waals surface area contributed by atoms with Crippen LogP contribution in [0.1, 0.15) is 0 Å². The van der Waals surface area contributed by atoms with Crippen LogP contribution in [0.15, 0.2) is 12.3 Å². The number of hydrogen-bond donors (Lipinski definition) is 0. The largest absolute Gasteiger partial charge is 0.484 e. The summed E-state index contributed by atoms with van der Waals surface area (Å²) >= 11 is 5.68. The summed E-state index contributed by atoms with van der Waals surface area (Å²) in [5.74, 6) is 1.16. The van der Waals surface area contributed by atoms with E-state index in [1.165, 1.54) is 6.20 Å². The first-order valence-corrected chi connectivity index (χ1v) is 3.65. The summed E-state index contributed by atoms with van der Waals surface area (Å²) in [5.41, 5.74) is 0. The minimum Gasteiger partial charge on any atom is -0.484 e. The van der Waals surface area contributed by atoms with E-state index in [0.29, 0.717) is 29.9 Å². The second-order valence-corrected chi connectivity index (χ2v) is 2.59. The highest BCUT2D eigenvalue weighted by Crippen LogP contribution is 2.29. The zero-order chi connectivity index (χ0) is 7.68. The first kappa shape index (κ1) is 6.73. The van der Waals surface area contributed by atoms with Crippen LogP contribution in [0.3, 0.4) is 0 Å². The number of rotatable bonds is 0. The molecule has 0 aromatic carbocycles. The predicted molar refractivity (Wildman–Crippen MR) is 40.2 cm³/mol. The second kappa shape index (κ2) is 2.58. The lowest BCUT2D eigenvalue weighted by Gasteiger charge is -2.16. The minimum absolute atomic E-state index is 0.528. The maximum absolute atomic E-state index is 5.68. The van der Waals surface area contributed by atoms with Crippen LogP contribution >= 0.6 is 11.6 Å². The fourth-order valence-electron chi connectivity index (χ4n) is 0.910. The normalized spacial score (nSPS) is 14.6. The van der Waals surface area contributed by atoms with Crippen LogP contribution in [0, 0.1) is 0 Å². The smallest absolute Gasteiger partial charge is 0.257 e. The molecule has 0 amide bonds. The Morgan fingerprint density at radius 2 is 2.18 bits per heavy atom. The summed E-state index contributed by atoms with van der Waals surface area (Å²) in [6.07, 6.45) is 1.54. The number of fused-ring (bicyclic) bond motifs is 1. The zero-order valence-corrected chi connectivity index (χ0v) is 6.47. The predicted octanol–water partition coefficient (Wildman–Crippen LogP) is 1.51. The molecule has 1 aromatic rings. The number of hydrogen-bond acceptors (Lipinski definition) is 3. The Kier molecular flexibility index (Phi) is 1.58. The van der Waals surface area contributed by atoms with Crippen molar-refractivity contribution in [3.63, 3.8) is 0 Å². The molecule has 2 heterocycles. The Morgan fingerprint density at radius 1 is 1.36 bits per heavy atom. The lowest BCUT2D eigenvalue weighted by molar-refractivity contribution is 0.164. The van der Waals surface area contributed by atoms with Gasteiger partial charge in [-0.05, 0) is 0 Å². The molecule has 0 bridgehead atoms. The SMILES string of the molecule is Clc1cnc2c(c1)OCCO2. The molecule has 0 spiro atoms. The highest BCUT2D eigenvalue weighted by molar-refractivity contribution is 6.30. The summed E-state index contributed by atoms with van der Waals surface area (Å²) in [5, 5.41) is 0.564. The van der Waals surface area contributed by atoms with Crippen molar-refractivity contribution in [3.8, 4) is 11.6 Å². The summed E-state index contributed by atoms with van der Waals surface area (Å²) in [7, 11) is 0. The Balaban J connectivity index is 2.43. The van der Waals surface area contributed by atoms with E-state index >= 15 is 0 Å². The van der Waals surface area contributed by atoms with E-state index in [0.717, 1.165) is 0 Å². The van der Waals surface area contributed by atoms with Gasteiger partial charge in [0.2, 0.25) is 0 Å². The third-order valence-electron chi connectivity index (χ3n) is 1.36. The third-order valence-corrected chi connectivity index (χ3v) is 1.57. The van der Waals surface area contributed by atoms with Gasteiger partial charge in [-0.25, -0.2) is 4.98 Å². The number of halogens is 1. The molecule has 0 saturated heterocycles. The molecular weight excluding hydrogens is 166 g/mol. The average molecular weight is 172 g/mol. The maximum atomic E-state index is 5.68. The van der Waals surface area contributed by atoms with Crippen molar-refractivity contribution in [2.75, 3.05) is 13.2 Å². The topological polar surface area (TPSA) is 31.4 Å². The molecule has 2 rings (SSSR count). The van der Waals surface area contributed by atoms with Gasteiger partial charge in [0.1, 0.15) is 13.2 Å². The summed E-state index contributed by atoms with van der Waals surface area (Å²) in [6, 6.07) is 1.70. The van der Waals surface area contributed by atoms with E-state index < -0.39 is 0 Å². The standard InChI is InChI=1S/C7H6ClNO2/c8-5-3-6-7(9-4-5)11-2-1-10-6/h3-4H,1-2H2. The van der Waals surface area contributed by atoms with Gasteiger partial charge in [-0.15, -0.1) is 0 Å². The lowest BCUT2D eigenvalue weighted by atomic mass is 10.4. The summed E-state index contributed by atoms with van der Waals surface area (Å²) in [4.78, 5) is 3.94. The molecule has 0 fully saturated rings. The van der Waals surface area contributed by atoms with Crippen LogP contribution in [0.4, 0.5) is 0 Å². The molecule has 1 aliphatic rings. The van der Waals surface area contributed by atoms with E-state index in [1.807, 2.05) is 0 Å². The van der Waals surface area contributed by atoms with E-state index in [2.05, 4.69) is 4.98 Å². The molecule has 4 heteroatoms. The molecule has 0 aliphatic carbocycles. The monoisotopic (exact) mass is 171 g/mol. The van der Waals surface area contributed by atoms with Crippen molar-refractivity contribution in [2.45, 2.75) is 0 Å². The highest BCUT2D eigenvalue weighted by Gasteiger charge is 2.12. The molecule has 0 atom stereocenters. The van der Waals surface area contributed by atoms with Gasteiger partial charge < -0.3 is 9.47 Å². The molecule has 0 saturated carbocycles. The Bertz CT molecular complexity index is 277. The molecule has 11 heavy (non-hydrogen) atoms. The van der Waals surface area contributed by atoms with E-state index in [1.54, 1.807) is 6.07 Å². The fourth-order valence-corrected chi connectivity index (χ4v) is 1.06. The molecule has 0 N–H and O–H groups in total. The summed E-state index contributed by atoms with van der Waals surface area (Å²) in [6.45, 7) is 1.12. The maximum Gasteiger partial charge on any atom is 0.257 e. The van der Waals surface area contributed by atoms with Crippen LogP contribution < -0.4 is 9.47 Å². The Morgan fingerprint density at radius 3 is 3.09 bits per heavy atom. The van der Waals surface area contributed by atoms with Crippen molar-refractivity contribution in [2.24, 2.45) is 0 Å². The number of ether oxygens (including phenoxy) is 2. The molecule has 0 radical (unpaired) electrons. The fraction of sp³-hybridized carbons (Fsp3) is 0.286. The lowest BCUT2D eigenvalue weighted by Crippen LogP contribution is -2.16. The van der Waals surface area contributed by atoms with Crippen molar-refractivity contribution >= 4 is 11.6 Å². The molecule has 58 valence electrons. The molecule has 1 aromatic heterocycles. The van der Waals surface area contributed by atoms with E-state index in [4.69, 9.17) is 21.1 Å². The van der Waals surface area contributed by atoms with Gasteiger partial charge in [0.15, 0.2) is 5.75 Å². The van der Waals surface area contributed by atoms with Gasteiger partial charge in [0, 0.05) is 12.3 Å². The highest BCUT2D eigenvalue weighted by atomic mass is 35.5. The van der Waals surface area contributed by atoms with E-state index in [-0.39, 0.29) is 0 Å². The van der Waals surface area contributed by atoms with Gasteiger partial charge in [-0.1, -0.05) is 11.6 Å². The zero-order valence-electron chi connectivity index (χ0n) is 5.71. The van der Waals surface area contributed by atoms with Crippen LogP contribution in [0.25, 0.3) is 0 Å². The van der Waals surface area contributed by atoms with Gasteiger partial charge in [0.25, 0.3) is 5.88 Å². The molecule has 3 nitrogen and oxygen atoms in total. The van der Waals surface area contributed by atoms with Crippen LogP contribution in [0.5, 0.6) is 11.6 Å². The minimum atomic E-state index is 0.528. The van der Waals surface area contributed by atoms with E-state index in [9.17, 15) is 0 Å². The Hall–Kier alpha value is -0.960. The van der Waals surface area contributed by atoms with Crippen molar-refractivity contribution < 1.29 is 9.47 Å². The second-order valence-electron chi connectivity index (χ2n) is 2.15. The number of aromatic nitrogens is 1. The van der Waals surface area contributed by atoms with Crippen LogP contribution in [-0.2, 0) is 0 Å². The van der Waals surface area contributed by atoms with Gasteiger partial charge in [-0.3, -0.25) is 0 Å². The molecule has 1 aliphatic heterocycles. The Labute approximate surface area is 68.9 Å². The van der Waals surface area contributed by atoms with Crippen molar-refractivity contribution in [3.05, 3.63) is 17.3 Å². The molecular formula is C7H6ClNO2. The van der Waals surface area contributed by atoms with Gasteiger partial charge in [0.05, 0.1) is 5.02 Å². The number of pyridine rings is 1. The molecule has 0 unspecified atom stereocenters. The van der Waals surface area contributed by atoms with Crippen LogP contribution in [-0.4, -0.2) is 18.2 Å². The quantitative estimate of drug-likeness (QED) is 0.593.